The molecule has 0 radical (unpaired) electrons. The van der Waals surface area contributed by atoms with Crippen LogP contribution in [0.1, 0.15) is 28.2 Å². The lowest BCUT2D eigenvalue weighted by Crippen LogP contribution is -2.43. The van der Waals surface area contributed by atoms with Gasteiger partial charge in [0, 0.05) is 24.7 Å². The number of alkyl carbamates (subject to hydrolysis) is 1. The van der Waals surface area contributed by atoms with Gasteiger partial charge in [-0.2, -0.15) is 5.26 Å². The molecule has 2 aromatic carbocycles. The van der Waals surface area contributed by atoms with E-state index in [1.807, 2.05) is 54.6 Å². The molecule has 7 heteroatoms. The number of pyridine rings is 1. The van der Waals surface area contributed by atoms with Crippen molar-refractivity contribution in [2.45, 2.75) is 18.4 Å². The van der Waals surface area contributed by atoms with Crippen molar-refractivity contribution in [2.24, 2.45) is 0 Å². The average molecular weight is 413 g/mol. The predicted molar refractivity (Wildman–Crippen MR) is 112 cm³/mol. The van der Waals surface area contributed by atoms with Gasteiger partial charge in [-0.15, -0.1) is 0 Å². The SMILES string of the molecule is N#Cc1ccncc1C[C@H](NC(=O)OCC1c2ccccc2-c2ccccc21)C(=O)O. The number of hydrogen-bond donors (Lipinski definition) is 2. The zero-order valence-corrected chi connectivity index (χ0v) is 16.5. The third-order valence-electron chi connectivity index (χ3n) is 5.38. The van der Waals surface area contributed by atoms with Gasteiger partial charge in [0.05, 0.1) is 11.6 Å². The second-order valence-corrected chi connectivity index (χ2v) is 7.21. The Hall–Kier alpha value is -4.18. The van der Waals surface area contributed by atoms with Crippen LogP contribution in [0, 0.1) is 11.3 Å². The summed E-state index contributed by atoms with van der Waals surface area (Å²) in [6, 6.07) is 18.2. The van der Waals surface area contributed by atoms with Crippen molar-refractivity contribution in [3.8, 4) is 17.2 Å². The largest absolute Gasteiger partial charge is 0.480 e. The van der Waals surface area contributed by atoms with Crippen molar-refractivity contribution >= 4 is 12.1 Å². The van der Waals surface area contributed by atoms with Gasteiger partial charge in [-0.1, -0.05) is 48.5 Å². The first kappa shape index (κ1) is 20.1. The van der Waals surface area contributed by atoms with Crippen LogP contribution >= 0.6 is 0 Å². The molecule has 1 aliphatic rings. The molecular formula is C24H19N3O4. The number of carboxylic acids is 1. The molecular weight excluding hydrogens is 394 g/mol. The maximum atomic E-state index is 12.4. The van der Waals surface area contributed by atoms with Crippen molar-refractivity contribution in [1.29, 1.82) is 5.26 Å². The highest BCUT2D eigenvalue weighted by molar-refractivity contribution is 5.81. The Morgan fingerprint density at radius 2 is 1.74 bits per heavy atom. The van der Waals surface area contributed by atoms with Crippen LogP contribution in [0.4, 0.5) is 4.79 Å². The minimum Gasteiger partial charge on any atom is -0.480 e. The normalized spacial score (nSPS) is 12.9. The summed E-state index contributed by atoms with van der Waals surface area (Å²) < 4.78 is 5.42. The monoisotopic (exact) mass is 413 g/mol. The number of carboxylic acid groups (broad SMARTS) is 1. The van der Waals surface area contributed by atoms with E-state index < -0.39 is 18.1 Å². The first-order valence-electron chi connectivity index (χ1n) is 9.75. The number of fused-ring (bicyclic) bond motifs is 3. The van der Waals surface area contributed by atoms with Gasteiger partial charge in [0.15, 0.2) is 0 Å². The van der Waals surface area contributed by atoms with E-state index in [1.165, 1.54) is 18.5 Å². The first-order chi connectivity index (χ1) is 15.1. The molecule has 2 N–H and O–H groups in total. The van der Waals surface area contributed by atoms with E-state index in [0.29, 0.717) is 11.1 Å². The van der Waals surface area contributed by atoms with Crippen LogP contribution in [-0.2, 0) is 16.0 Å². The molecule has 0 bridgehead atoms. The number of benzene rings is 2. The van der Waals surface area contributed by atoms with Crippen molar-refractivity contribution < 1.29 is 19.4 Å². The number of nitrogens with zero attached hydrogens (tertiary/aromatic N) is 2. The Kier molecular flexibility index (Phi) is 5.63. The van der Waals surface area contributed by atoms with Gasteiger partial charge in [0.2, 0.25) is 0 Å². The summed E-state index contributed by atoms with van der Waals surface area (Å²) in [5.41, 5.74) is 5.11. The maximum absolute atomic E-state index is 12.4. The van der Waals surface area contributed by atoms with E-state index >= 15 is 0 Å². The summed E-state index contributed by atoms with van der Waals surface area (Å²) >= 11 is 0. The van der Waals surface area contributed by atoms with E-state index in [-0.39, 0.29) is 18.9 Å². The van der Waals surface area contributed by atoms with Gasteiger partial charge in [-0.05, 0) is 33.9 Å². The molecule has 1 aliphatic carbocycles. The van der Waals surface area contributed by atoms with E-state index in [2.05, 4.69) is 10.3 Å². The number of nitrogens with one attached hydrogen (secondary N) is 1. The lowest BCUT2D eigenvalue weighted by atomic mass is 9.98. The van der Waals surface area contributed by atoms with Gasteiger partial charge in [-0.25, -0.2) is 9.59 Å². The average Bonchev–Trinajstić information content (AvgIpc) is 3.11. The van der Waals surface area contributed by atoms with E-state index in [1.54, 1.807) is 0 Å². The molecule has 1 heterocycles. The molecule has 0 aliphatic heterocycles. The summed E-state index contributed by atoms with van der Waals surface area (Å²) in [5, 5.41) is 21.1. The third kappa shape index (κ3) is 4.09. The quantitative estimate of drug-likeness (QED) is 0.640. The molecule has 4 rings (SSSR count). The number of rotatable bonds is 6. The number of hydrogen-bond acceptors (Lipinski definition) is 5. The van der Waals surface area contributed by atoms with E-state index in [0.717, 1.165) is 22.3 Å². The fourth-order valence-corrected chi connectivity index (χ4v) is 3.90. The van der Waals surface area contributed by atoms with Gasteiger partial charge < -0.3 is 15.2 Å². The smallest absolute Gasteiger partial charge is 0.407 e. The van der Waals surface area contributed by atoms with Crippen LogP contribution in [0.3, 0.4) is 0 Å². The van der Waals surface area contributed by atoms with Crippen LogP contribution in [0.25, 0.3) is 11.1 Å². The number of carbonyl (C=O) groups is 2. The summed E-state index contributed by atoms with van der Waals surface area (Å²) in [6.07, 6.45) is 1.98. The molecule has 1 aromatic heterocycles. The molecule has 154 valence electrons. The highest BCUT2D eigenvalue weighted by atomic mass is 16.5. The molecule has 0 spiro atoms. The van der Waals surface area contributed by atoms with Gasteiger partial charge in [0.1, 0.15) is 12.6 Å². The van der Waals surface area contributed by atoms with E-state index in [4.69, 9.17) is 4.74 Å². The molecule has 7 nitrogen and oxygen atoms in total. The molecule has 0 saturated carbocycles. The van der Waals surface area contributed by atoms with Gasteiger partial charge in [-0.3, -0.25) is 4.98 Å². The summed E-state index contributed by atoms with van der Waals surface area (Å²) in [5.74, 6) is -1.34. The van der Waals surface area contributed by atoms with Crippen LogP contribution in [0.15, 0.2) is 67.0 Å². The lowest BCUT2D eigenvalue weighted by molar-refractivity contribution is -0.139. The van der Waals surface area contributed by atoms with Crippen LogP contribution in [0.2, 0.25) is 0 Å². The van der Waals surface area contributed by atoms with Crippen molar-refractivity contribution in [2.75, 3.05) is 6.61 Å². The number of ether oxygens (including phenoxy) is 1. The van der Waals surface area contributed by atoms with Crippen LogP contribution in [-0.4, -0.2) is 34.8 Å². The van der Waals surface area contributed by atoms with Gasteiger partial charge >= 0.3 is 12.1 Å². The fourth-order valence-electron chi connectivity index (χ4n) is 3.90. The minimum atomic E-state index is -1.24. The zero-order chi connectivity index (χ0) is 21.8. The maximum Gasteiger partial charge on any atom is 0.407 e. The molecule has 0 unspecified atom stereocenters. The second kappa shape index (κ2) is 8.67. The number of nitriles is 1. The zero-order valence-electron chi connectivity index (χ0n) is 16.5. The summed E-state index contributed by atoms with van der Waals surface area (Å²) in [4.78, 5) is 28.0. The van der Waals surface area contributed by atoms with Crippen molar-refractivity contribution in [3.05, 3.63) is 89.2 Å². The molecule has 1 amide bonds. The van der Waals surface area contributed by atoms with Gasteiger partial charge in [0.25, 0.3) is 0 Å². The molecule has 1 atom stereocenters. The molecule has 31 heavy (non-hydrogen) atoms. The number of aromatic nitrogens is 1. The van der Waals surface area contributed by atoms with Crippen LogP contribution < -0.4 is 5.32 Å². The van der Waals surface area contributed by atoms with Crippen molar-refractivity contribution in [3.63, 3.8) is 0 Å². The van der Waals surface area contributed by atoms with Crippen LogP contribution in [0.5, 0.6) is 0 Å². The third-order valence-corrected chi connectivity index (χ3v) is 5.38. The standard InChI is InChI=1S/C24H19N3O4/c25-12-15-9-10-26-13-16(15)11-22(23(28)29)27-24(30)31-14-21-19-7-3-1-5-17(19)18-6-2-4-8-20(18)21/h1-10,13,21-22H,11,14H2,(H,27,30)(H,28,29)/t22-/m0/s1. The topological polar surface area (TPSA) is 112 Å². The second-order valence-electron chi connectivity index (χ2n) is 7.21. The Morgan fingerprint density at radius 1 is 1.10 bits per heavy atom. The fraction of sp³-hybridized carbons (Fsp3) is 0.167. The van der Waals surface area contributed by atoms with Crippen molar-refractivity contribution in [1.82, 2.24) is 10.3 Å². The molecule has 0 saturated heterocycles. The van der Waals surface area contributed by atoms with E-state index in [9.17, 15) is 20.0 Å². The summed E-state index contributed by atoms with van der Waals surface area (Å²) in [6.45, 7) is 0.0859. The minimum absolute atomic E-state index is 0.0732. The number of aliphatic carboxylic acids is 1. The Labute approximate surface area is 178 Å². The Bertz CT molecular complexity index is 1140. The highest BCUT2D eigenvalue weighted by Gasteiger charge is 2.30. The molecule has 3 aromatic rings. The Morgan fingerprint density at radius 3 is 2.35 bits per heavy atom. The molecule has 0 fully saturated rings. The Balaban J connectivity index is 1.45. The number of amides is 1. The lowest BCUT2D eigenvalue weighted by Gasteiger charge is -2.17. The highest BCUT2D eigenvalue weighted by Crippen LogP contribution is 2.44. The summed E-state index contributed by atoms with van der Waals surface area (Å²) in [7, 11) is 0. The predicted octanol–water partition coefficient (Wildman–Crippen LogP) is 3.49. The number of carbonyl (C=O) groups excluding carboxylic acids is 1. The first-order valence-corrected chi connectivity index (χ1v) is 9.75.